The lowest BCUT2D eigenvalue weighted by atomic mass is 9.58. The number of carbonyl (C=O) groups is 1. The molecule has 21 heavy (non-hydrogen) atoms. The van der Waals surface area contributed by atoms with Gasteiger partial charge in [0.15, 0.2) is 5.60 Å². The van der Waals surface area contributed by atoms with Crippen molar-refractivity contribution in [2.24, 2.45) is 23.7 Å². The second-order valence-corrected chi connectivity index (χ2v) is 9.31. The number of ether oxygens (including phenoxy) is 2. The van der Waals surface area contributed by atoms with Crippen molar-refractivity contribution in [2.75, 3.05) is 0 Å². The Morgan fingerprint density at radius 2 is 2.00 bits per heavy atom. The summed E-state index contributed by atoms with van der Waals surface area (Å²) in [6.07, 6.45) is 2.82. The lowest BCUT2D eigenvalue weighted by Crippen LogP contribution is -2.66. The molecule has 0 aromatic rings. The van der Waals surface area contributed by atoms with Gasteiger partial charge in [0, 0.05) is 11.8 Å². The summed E-state index contributed by atoms with van der Waals surface area (Å²) < 4.78 is 11.2. The van der Waals surface area contributed by atoms with E-state index in [1.54, 1.807) is 0 Å². The molecule has 1 saturated carbocycles. The molecule has 6 heteroatoms. The van der Waals surface area contributed by atoms with Crippen molar-refractivity contribution in [3.63, 3.8) is 0 Å². The molecule has 2 heterocycles. The van der Waals surface area contributed by atoms with Crippen molar-refractivity contribution in [3.05, 3.63) is 0 Å². The highest BCUT2D eigenvalue weighted by atomic mass is 127. The molecule has 5 nitrogen and oxygen atoms in total. The number of hydrogen-bond donors (Lipinski definition) is 1. The molecule has 2 saturated heterocycles. The van der Waals surface area contributed by atoms with Crippen LogP contribution in [-0.2, 0) is 19.2 Å². The Morgan fingerprint density at radius 1 is 1.29 bits per heavy atom. The van der Waals surface area contributed by atoms with E-state index in [1.165, 1.54) is 0 Å². The fourth-order valence-corrected chi connectivity index (χ4v) is 5.09. The molecule has 0 spiro atoms. The van der Waals surface area contributed by atoms with Crippen molar-refractivity contribution in [1.29, 1.82) is 0 Å². The molecule has 3 fully saturated rings. The first kappa shape index (κ1) is 16.0. The third-order valence-electron chi connectivity index (χ3n) is 5.76. The summed E-state index contributed by atoms with van der Waals surface area (Å²) in [5.74, 6) is -0.0295. The van der Waals surface area contributed by atoms with Crippen LogP contribution in [0.3, 0.4) is 0 Å². The Hall–Kier alpha value is 0.0800. The number of alkyl halides is 1. The summed E-state index contributed by atoms with van der Waals surface area (Å²) >= 11 is 2.25. The second kappa shape index (κ2) is 5.32. The van der Waals surface area contributed by atoms with Crippen LogP contribution in [0, 0.1) is 23.7 Å². The van der Waals surface area contributed by atoms with Crippen LogP contribution in [0.15, 0.2) is 0 Å². The maximum Gasteiger partial charge on any atom is 0.311 e. The molecule has 120 valence electrons. The van der Waals surface area contributed by atoms with Gasteiger partial charge in [-0.15, -0.1) is 0 Å². The van der Waals surface area contributed by atoms with Crippen molar-refractivity contribution in [2.45, 2.75) is 62.0 Å². The molecule has 0 aromatic carbocycles. The topological polar surface area (TPSA) is 65.0 Å². The lowest BCUT2D eigenvalue weighted by Gasteiger charge is -2.55. The Labute approximate surface area is 138 Å². The fraction of sp³-hybridized carbons (Fsp3) is 0.933. The first-order valence-electron chi connectivity index (χ1n) is 7.71. The quantitative estimate of drug-likeness (QED) is 0.236. The number of esters is 1. The molecule has 0 radical (unpaired) electrons. The molecule has 2 aliphatic heterocycles. The molecule has 0 bridgehead atoms. The summed E-state index contributed by atoms with van der Waals surface area (Å²) in [5.41, 5.74) is -0.923. The minimum Gasteiger partial charge on any atom is -0.432 e. The predicted molar refractivity (Wildman–Crippen MR) is 83.6 cm³/mol. The highest BCUT2D eigenvalue weighted by molar-refractivity contribution is 14.1. The van der Waals surface area contributed by atoms with Gasteiger partial charge in [-0.2, -0.15) is 0 Å². The normalized spacial score (nSPS) is 53.6. The highest BCUT2D eigenvalue weighted by Crippen LogP contribution is 2.57. The van der Waals surface area contributed by atoms with E-state index < -0.39 is 15.5 Å². The van der Waals surface area contributed by atoms with E-state index in [1.807, 2.05) is 13.8 Å². The van der Waals surface area contributed by atoms with Crippen molar-refractivity contribution in [3.8, 4) is 0 Å². The van der Waals surface area contributed by atoms with Gasteiger partial charge in [0.2, 0.25) is 6.29 Å². The van der Waals surface area contributed by atoms with Gasteiger partial charge in [0.1, 0.15) is 3.61 Å². The van der Waals surface area contributed by atoms with Crippen LogP contribution in [0.25, 0.3) is 0 Å². The van der Waals surface area contributed by atoms with E-state index in [2.05, 4.69) is 29.5 Å². The van der Waals surface area contributed by atoms with Crippen molar-refractivity contribution >= 4 is 28.6 Å². The van der Waals surface area contributed by atoms with Crippen LogP contribution < -0.4 is 0 Å². The number of rotatable bonds is 1. The predicted octanol–water partition coefficient (Wildman–Crippen LogP) is 3.36. The van der Waals surface area contributed by atoms with E-state index >= 15 is 0 Å². The lowest BCUT2D eigenvalue weighted by molar-refractivity contribution is -0.425. The van der Waals surface area contributed by atoms with Crippen molar-refractivity contribution in [1.82, 2.24) is 0 Å². The Balaban J connectivity index is 2.09. The first-order chi connectivity index (χ1) is 9.82. The maximum absolute atomic E-state index is 12.2. The summed E-state index contributed by atoms with van der Waals surface area (Å²) in [4.78, 5) is 17.3. The SMILES string of the molecule is C[C@@H]1CCC2[C@@H](C)C(=O)O[C@@H]3O[C@](C)(I)CCC1[C@@]23OO. The van der Waals surface area contributed by atoms with Crippen LogP contribution in [0.4, 0.5) is 0 Å². The Bertz CT molecular complexity index is 440. The van der Waals surface area contributed by atoms with Gasteiger partial charge in [-0.05, 0) is 61.1 Å². The largest absolute Gasteiger partial charge is 0.432 e. The Morgan fingerprint density at radius 3 is 2.67 bits per heavy atom. The zero-order valence-electron chi connectivity index (χ0n) is 12.7. The summed E-state index contributed by atoms with van der Waals surface area (Å²) in [6, 6.07) is 0. The molecule has 1 aliphatic carbocycles. The van der Waals surface area contributed by atoms with E-state index in [9.17, 15) is 10.1 Å². The van der Waals surface area contributed by atoms with E-state index in [0.717, 1.165) is 25.7 Å². The van der Waals surface area contributed by atoms with E-state index in [-0.39, 0.29) is 23.7 Å². The van der Waals surface area contributed by atoms with Gasteiger partial charge in [0.05, 0.1) is 5.92 Å². The molecule has 7 atom stereocenters. The fourth-order valence-electron chi connectivity index (χ4n) is 4.55. The number of carbonyl (C=O) groups excluding carboxylic acids is 1. The second-order valence-electron chi connectivity index (χ2n) is 7.03. The molecular weight excluding hydrogens is 387 g/mol. The van der Waals surface area contributed by atoms with Gasteiger partial charge < -0.3 is 9.47 Å². The zero-order valence-corrected chi connectivity index (χ0v) is 14.8. The molecule has 0 amide bonds. The van der Waals surface area contributed by atoms with Gasteiger partial charge in [-0.3, -0.25) is 10.1 Å². The van der Waals surface area contributed by atoms with Gasteiger partial charge in [-0.1, -0.05) is 13.8 Å². The minimum atomic E-state index is -0.923. The highest BCUT2D eigenvalue weighted by Gasteiger charge is 2.66. The minimum absolute atomic E-state index is 0.0553. The zero-order chi connectivity index (χ0) is 15.4. The molecule has 3 rings (SSSR count). The summed E-state index contributed by atoms with van der Waals surface area (Å²) in [7, 11) is 0. The summed E-state index contributed by atoms with van der Waals surface area (Å²) in [5, 5.41) is 9.83. The molecule has 0 aromatic heterocycles. The van der Waals surface area contributed by atoms with Crippen LogP contribution >= 0.6 is 22.6 Å². The van der Waals surface area contributed by atoms with Gasteiger partial charge in [0.25, 0.3) is 0 Å². The van der Waals surface area contributed by atoms with Crippen molar-refractivity contribution < 1.29 is 24.4 Å². The van der Waals surface area contributed by atoms with Crippen LogP contribution in [0.2, 0.25) is 0 Å². The Kier molecular flexibility index (Phi) is 4.04. The molecule has 1 N–H and O–H groups in total. The summed E-state index contributed by atoms with van der Waals surface area (Å²) in [6.45, 7) is 6.04. The van der Waals surface area contributed by atoms with Crippen LogP contribution in [0.1, 0.15) is 46.5 Å². The number of halogens is 1. The maximum atomic E-state index is 12.2. The third-order valence-corrected chi connectivity index (χ3v) is 6.55. The first-order valence-corrected chi connectivity index (χ1v) is 8.79. The van der Waals surface area contributed by atoms with Crippen LogP contribution in [-0.4, -0.2) is 26.7 Å². The van der Waals surface area contributed by atoms with E-state index in [0.29, 0.717) is 5.92 Å². The average molecular weight is 410 g/mol. The smallest absolute Gasteiger partial charge is 0.311 e. The number of hydrogen-bond acceptors (Lipinski definition) is 5. The van der Waals surface area contributed by atoms with E-state index in [4.69, 9.17) is 14.4 Å². The standard InChI is InChI=1S/C15H23IO5/c1-8-4-5-11-9(2)12(17)19-13-15(11,21-18)10(8)6-7-14(3,16)20-13/h8-11,13,18H,4-7H2,1-3H3/t8-,9-,10?,11?,13-,14+,15-/m1/s1. The van der Waals surface area contributed by atoms with Gasteiger partial charge in [-0.25, -0.2) is 4.89 Å². The molecule has 2 unspecified atom stereocenters. The van der Waals surface area contributed by atoms with Gasteiger partial charge >= 0.3 is 5.97 Å². The monoisotopic (exact) mass is 410 g/mol. The molecular formula is C15H23IO5. The third kappa shape index (κ3) is 2.33. The average Bonchev–Trinajstić information content (AvgIpc) is 2.53. The molecule has 3 aliphatic rings. The van der Waals surface area contributed by atoms with Crippen LogP contribution in [0.5, 0.6) is 0 Å².